The number of rotatable bonds is 7. The molecule has 5 aromatic rings. The van der Waals surface area contributed by atoms with Crippen LogP contribution in [0.1, 0.15) is 12.5 Å². The first kappa shape index (κ1) is 21.9. The zero-order valence-electron chi connectivity index (χ0n) is 18.7. The van der Waals surface area contributed by atoms with Crippen molar-refractivity contribution in [2.45, 2.75) is 19.6 Å². The van der Waals surface area contributed by atoms with Crippen LogP contribution in [0.4, 0.5) is 4.39 Å². The molecule has 0 aliphatic rings. The summed E-state index contributed by atoms with van der Waals surface area (Å²) < 4.78 is 28.5. The van der Waals surface area contributed by atoms with Gasteiger partial charge in [0.15, 0.2) is 5.65 Å². The lowest BCUT2D eigenvalue weighted by Gasteiger charge is -2.14. The first-order valence-corrected chi connectivity index (χ1v) is 10.5. The standard InChI is InChI=1S/C23H18FN9O2/c1-14(11-32-13-27-30-31-32)35-22-5-3-4-17(28-22)18-6-7-19-23(29-18)33(12-26-19)20-8-15(24)9-21(34-2)16(20)10-25/h3-9,12-14H,11H2,1-2H3/t14-/m0/s1. The van der Waals surface area contributed by atoms with Crippen molar-refractivity contribution in [2.75, 3.05) is 7.11 Å². The zero-order chi connectivity index (χ0) is 24.4. The highest BCUT2D eigenvalue weighted by atomic mass is 19.1. The first-order valence-electron chi connectivity index (χ1n) is 10.5. The second kappa shape index (κ2) is 9.14. The Kier molecular flexibility index (Phi) is 5.72. The molecule has 1 atom stereocenters. The second-order valence-corrected chi connectivity index (χ2v) is 7.59. The van der Waals surface area contributed by atoms with E-state index in [1.165, 1.54) is 25.8 Å². The lowest BCUT2D eigenvalue weighted by molar-refractivity contribution is 0.185. The number of tetrazole rings is 1. The molecular weight excluding hydrogens is 453 g/mol. The van der Waals surface area contributed by atoms with E-state index in [0.29, 0.717) is 35.0 Å². The second-order valence-electron chi connectivity index (χ2n) is 7.59. The Hall–Kier alpha value is -4.92. The van der Waals surface area contributed by atoms with E-state index in [4.69, 9.17) is 14.5 Å². The van der Waals surface area contributed by atoms with Crippen molar-refractivity contribution in [2.24, 2.45) is 0 Å². The quantitative estimate of drug-likeness (QED) is 0.352. The van der Waals surface area contributed by atoms with Gasteiger partial charge in [-0.15, -0.1) is 5.10 Å². The van der Waals surface area contributed by atoms with E-state index < -0.39 is 5.82 Å². The van der Waals surface area contributed by atoms with Crippen LogP contribution in [0.15, 0.2) is 55.1 Å². The fourth-order valence-corrected chi connectivity index (χ4v) is 3.64. The number of nitriles is 1. The molecule has 0 bridgehead atoms. The van der Waals surface area contributed by atoms with Crippen molar-refractivity contribution in [1.82, 2.24) is 39.7 Å². The summed E-state index contributed by atoms with van der Waals surface area (Å²) in [5, 5.41) is 20.7. The van der Waals surface area contributed by atoms with E-state index in [0.717, 1.165) is 6.07 Å². The van der Waals surface area contributed by atoms with E-state index in [2.05, 4.69) is 31.6 Å². The normalized spacial score (nSPS) is 11.8. The van der Waals surface area contributed by atoms with Crippen LogP contribution in [0.25, 0.3) is 28.2 Å². The van der Waals surface area contributed by atoms with Gasteiger partial charge in [0.05, 0.1) is 30.7 Å². The topological polar surface area (TPSA) is 129 Å². The zero-order valence-corrected chi connectivity index (χ0v) is 18.7. The fourth-order valence-electron chi connectivity index (χ4n) is 3.64. The number of benzene rings is 1. The van der Waals surface area contributed by atoms with Crippen LogP contribution in [0.2, 0.25) is 0 Å². The maximum atomic E-state index is 14.3. The van der Waals surface area contributed by atoms with Gasteiger partial charge in [0, 0.05) is 12.1 Å². The SMILES string of the molecule is COc1cc(F)cc(-n2cnc3ccc(-c4cccc(O[C@@H](C)Cn5cnnn5)n4)nc32)c1C#N. The van der Waals surface area contributed by atoms with Gasteiger partial charge in [-0.1, -0.05) is 6.07 Å². The highest BCUT2D eigenvalue weighted by Gasteiger charge is 2.17. The van der Waals surface area contributed by atoms with Crippen LogP contribution >= 0.6 is 0 Å². The lowest BCUT2D eigenvalue weighted by Crippen LogP contribution is -2.20. The monoisotopic (exact) mass is 471 g/mol. The molecule has 174 valence electrons. The van der Waals surface area contributed by atoms with Crippen molar-refractivity contribution in [1.29, 1.82) is 5.26 Å². The van der Waals surface area contributed by atoms with Crippen LogP contribution < -0.4 is 9.47 Å². The molecule has 0 amide bonds. The van der Waals surface area contributed by atoms with Gasteiger partial charge in [0.2, 0.25) is 5.88 Å². The number of methoxy groups -OCH3 is 1. The van der Waals surface area contributed by atoms with Gasteiger partial charge in [-0.2, -0.15) is 5.26 Å². The van der Waals surface area contributed by atoms with Gasteiger partial charge in [-0.25, -0.2) is 24.0 Å². The number of aromatic nitrogens is 8. The highest BCUT2D eigenvalue weighted by molar-refractivity contribution is 5.77. The minimum absolute atomic E-state index is 0.128. The minimum Gasteiger partial charge on any atom is -0.495 e. The molecule has 35 heavy (non-hydrogen) atoms. The number of pyridine rings is 2. The van der Waals surface area contributed by atoms with E-state index in [1.807, 2.05) is 13.0 Å². The fraction of sp³-hybridized carbons (Fsp3) is 0.174. The average Bonchev–Trinajstić information content (AvgIpc) is 3.53. The van der Waals surface area contributed by atoms with Crippen molar-refractivity contribution < 1.29 is 13.9 Å². The predicted molar refractivity (Wildman–Crippen MR) is 121 cm³/mol. The van der Waals surface area contributed by atoms with Crippen LogP contribution in [0.3, 0.4) is 0 Å². The van der Waals surface area contributed by atoms with E-state index in [9.17, 15) is 9.65 Å². The van der Waals surface area contributed by atoms with Crippen LogP contribution in [0, 0.1) is 17.1 Å². The van der Waals surface area contributed by atoms with Crippen LogP contribution in [0.5, 0.6) is 11.6 Å². The first-order chi connectivity index (χ1) is 17.1. The molecule has 0 aliphatic carbocycles. The van der Waals surface area contributed by atoms with E-state index >= 15 is 0 Å². The number of hydrogen-bond acceptors (Lipinski definition) is 9. The molecule has 11 nitrogen and oxygen atoms in total. The third kappa shape index (κ3) is 4.34. The number of hydrogen-bond donors (Lipinski definition) is 0. The van der Waals surface area contributed by atoms with Gasteiger partial charge in [0.25, 0.3) is 0 Å². The van der Waals surface area contributed by atoms with Crippen molar-refractivity contribution >= 4 is 11.2 Å². The molecule has 0 unspecified atom stereocenters. The molecule has 0 fully saturated rings. The molecular formula is C23H18FN9O2. The summed E-state index contributed by atoms with van der Waals surface area (Å²) in [5.41, 5.74) is 2.59. The Morgan fingerprint density at radius 3 is 2.74 bits per heavy atom. The van der Waals surface area contributed by atoms with Crippen molar-refractivity contribution in [3.63, 3.8) is 0 Å². The Labute approximate surface area is 198 Å². The summed E-state index contributed by atoms with van der Waals surface area (Å²) in [6, 6.07) is 13.4. The molecule has 12 heteroatoms. The minimum atomic E-state index is -0.545. The molecule has 1 aromatic carbocycles. The Bertz CT molecular complexity index is 1540. The summed E-state index contributed by atoms with van der Waals surface area (Å²) >= 11 is 0. The Morgan fingerprint density at radius 1 is 1.11 bits per heavy atom. The Morgan fingerprint density at radius 2 is 1.97 bits per heavy atom. The highest BCUT2D eigenvalue weighted by Crippen LogP contribution is 2.29. The maximum absolute atomic E-state index is 14.3. The van der Waals surface area contributed by atoms with Crippen molar-refractivity contribution in [3.8, 4) is 34.8 Å². The van der Waals surface area contributed by atoms with E-state index in [-0.39, 0.29) is 23.1 Å². The molecule has 0 N–H and O–H groups in total. The molecule has 4 aromatic heterocycles. The van der Waals surface area contributed by atoms with Gasteiger partial charge in [-0.3, -0.25) is 4.57 Å². The largest absolute Gasteiger partial charge is 0.495 e. The molecule has 0 saturated heterocycles. The number of ether oxygens (including phenoxy) is 2. The molecule has 0 saturated carbocycles. The van der Waals surface area contributed by atoms with Gasteiger partial charge in [0.1, 0.15) is 47.5 Å². The van der Waals surface area contributed by atoms with E-state index in [1.54, 1.807) is 33.5 Å². The molecule has 0 spiro atoms. The molecule has 4 heterocycles. The van der Waals surface area contributed by atoms with Crippen LogP contribution in [-0.4, -0.2) is 52.9 Å². The third-order valence-electron chi connectivity index (χ3n) is 5.18. The van der Waals surface area contributed by atoms with Gasteiger partial charge >= 0.3 is 0 Å². The third-order valence-corrected chi connectivity index (χ3v) is 5.18. The van der Waals surface area contributed by atoms with Gasteiger partial charge in [-0.05, 0) is 41.6 Å². The number of halogens is 1. The number of nitrogens with zero attached hydrogens (tertiary/aromatic N) is 9. The number of imidazole rings is 1. The maximum Gasteiger partial charge on any atom is 0.214 e. The average molecular weight is 471 g/mol. The molecule has 0 aliphatic heterocycles. The summed E-state index contributed by atoms with van der Waals surface area (Å²) in [7, 11) is 1.38. The summed E-state index contributed by atoms with van der Waals surface area (Å²) in [5.74, 6) is -0.000840. The predicted octanol–water partition coefficient (Wildman–Crippen LogP) is 2.96. The van der Waals surface area contributed by atoms with Crippen LogP contribution in [-0.2, 0) is 6.54 Å². The summed E-state index contributed by atoms with van der Waals surface area (Å²) in [4.78, 5) is 13.6. The summed E-state index contributed by atoms with van der Waals surface area (Å²) in [6.45, 7) is 2.35. The van der Waals surface area contributed by atoms with Crippen molar-refractivity contribution in [3.05, 3.63) is 66.5 Å². The molecule has 5 rings (SSSR count). The number of fused-ring (bicyclic) bond motifs is 1. The smallest absolute Gasteiger partial charge is 0.214 e. The Balaban J connectivity index is 1.50. The summed E-state index contributed by atoms with van der Waals surface area (Å²) in [6.07, 6.45) is 2.77. The molecule has 0 radical (unpaired) electrons. The lowest BCUT2D eigenvalue weighted by atomic mass is 10.1. The van der Waals surface area contributed by atoms with Gasteiger partial charge < -0.3 is 9.47 Å².